The monoisotopic (exact) mass is 208 g/mol. The summed E-state index contributed by atoms with van der Waals surface area (Å²) in [6, 6.07) is 4.07. The van der Waals surface area contributed by atoms with Crippen LogP contribution in [-0.4, -0.2) is 30.8 Å². The molecule has 0 aliphatic carbocycles. The van der Waals surface area contributed by atoms with Crippen molar-refractivity contribution in [1.29, 1.82) is 0 Å². The van der Waals surface area contributed by atoms with Crippen LogP contribution >= 0.6 is 0 Å². The Bertz CT molecular complexity index is 304. The molecule has 0 spiro atoms. The second-order valence-electron chi connectivity index (χ2n) is 4.92. The van der Waals surface area contributed by atoms with E-state index in [1.54, 1.807) is 0 Å². The maximum Gasteiger partial charge on any atom is 0.127 e. The Morgan fingerprint density at radius 1 is 1.33 bits per heavy atom. The average Bonchev–Trinajstić information content (AvgIpc) is 2.18. The highest BCUT2D eigenvalue weighted by atomic mass is 16.3. The molecule has 0 bridgehead atoms. The lowest BCUT2D eigenvalue weighted by atomic mass is 9.87. The summed E-state index contributed by atoms with van der Waals surface area (Å²) in [4.78, 5) is 6.31. The minimum atomic E-state index is -0.0681. The second-order valence-corrected chi connectivity index (χ2v) is 4.92. The van der Waals surface area contributed by atoms with E-state index in [0.717, 1.165) is 12.2 Å². The summed E-state index contributed by atoms with van der Waals surface area (Å²) in [5.74, 6) is 0.959. The Labute approximate surface area is 91.8 Å². The molecule has 0 saturated heterocycles. The number of aliphatic hydroxyl groups is 1. The molecule has 1 aromatic heterocycles. The lowest BCUT2D eigenvalue weighted by Gasteiger charge is -2.21. The van der Waals surface area contributed by atoms with Crippen LogP contribution in [0.4, 0.5) is 5.82 Å². The van der Waals surface area contributed by atoms with Gasteiger partial charge in [-0.05, 0) is 23.5 Å². The van der Waals surface area contributed by atoms with Crippen LogP contribution in [0, 0.1) is 5.41 Å². The summed E-state index contributed by atoms with van der Waals surface area (Å²) < 4.78 is 0. The van der Waals surface area contributed by atoms with E-state index < -0.39 is 0 Å². The summed E-state index contributed by atoms with van der Waals surface area (Å²) in [6.07, 6.45) is 2.73. The lowest BCUT2D eigenvalue weighted by Crippen LogP contribution is -2.20. The molecule has 84 valence electrons. The summed E-state index contributed by atoms with van der Waals surface area (Å²) in [6.45, 7) is 4.29. The number of hydrogen-bond donors (Lipinski definition) is 1. The number of nitrogens with zero attached hydrogens (tertiary/aromatic N) is 2. The largest absolute Gasteiger partial charge is 0.396 e. The fourth-order valence-corrected chi connectivity index (χ4v) is 1.39. The number of hydrogen-bond acceptors (Lipinski definition) is 3. The van der Waals surface area contributed by atoms with Gasteiger partial charge in [-0.1, -0.05) is 19.9 Å². The maximum absolute atomic E-state index is 9.17. The molecule has 0 amide bonds. The van der Waals surface area contributed by atoms with Gasteiger partial charge in [-0.2, -0.15) is 0 Å². The Hall–Kier alpha value is -1.09. The van der Waals surface area contributed by atoms with Gasteiger partial charge in [0.05, 0.1) is 0 Å². The van der Waals surface area contributed by atoms with E-state index in [1.807, 2.05) is 45.1 Å². The van der Waals surface area contributed by atoms with Gasteiger partial charge in [0.15, 0.2) is 0 Å². The van der Waals surface area contributed by atoms with E-state index in [2.05, 4.69) is 11.1 Å². The topological polar surface area (TPSA) is 36.4 Å². The number of anilines is 1. The molecule has 0 aliphatic heterocycles. The van der Waals surface area contributed by atoms with Crippen LogP contribution < -0.4 is 4.90 Å². The molecule has 0 saturated carbocycles. The molecule has 0 aliphatic rings. The third-order valence-corrected chi connectivity index (χ3v) is 2.38. The van der Waals surface area contributed by atoms with E-state index in [0.29, 0.717) is 0 Å². The quantitative estimate of drug-likeness (QED) is 0.818. The van der Waals surface area contributed by atoms with E-state index in [1.165, 1.54) is 5.56 Å². The van der Waals surface area contributed by atoms with Crippen molar-refractivity contribution in [3.63, 3.8) is 0 Å². The highest BCUT2D eigenvalue weighted by molar-refractivity contribution is 5.37. The van der Waals surface area contributed by atoms with Crippen LogP contribution in [0.15, 0.2) is 18.3 Å². The lowest BCUT2D eigenvalue weighted by molar-refractivity contribution is 0.159. The van der Waals surface area contributed by atoms with Crippen LogP contribution in [0.5, 0.6) is 0 Å². The number of rotatable bonds is 4. The zero-order valence-corrected chi connectivity index (χ0v) is 9.99. The Morgan fingerprint density at radius 2 is 2.00 bits per heavy atom. The fourth-order valence-electron chi connectivity index (χ4n) is 1.39. The molecular weight excluding hydrogens is 188 g/mol. The number of pyridine rings is 1. The normalized spacial score (nSPS) is 11.5. The van der Waals surface area contributed by atoms with Crippen LogP contribution in [-0.2, 0) is 6.42 Å². The van der Waals surface area contributed by atoms with Crippen LogP contribution in [0.3, 0.4) is 0 Å². The smallest absolute Gasteiger partial charge is 0.127 e. The van der Waals surface area contributed by atoms with Crippen molar-refractivity contribution in [2.24, 2.45) is 5.41 Å². The second kappa shape index (κ2) is 4.62. The van der Waals surface area contributed by atoms with Gasteiger partial charge in [0.1, 0.15) is 5.82 Å². The van der Waals surface area contributed by atoms with E-state index in [-0.39, 0.29) is 12.0 Å². The molecule has 3 nitrogen and oxygen atoms in total. The molecule has 0 fully saturated rings. The minimum Gasteiger partial charge on any atom is -0.396 e. The standard InChI is InChI=1S/C12H20N2O/c1-12(2,9-15)7-10-5-6-11(13-8-10)14(3)4/h5-6,8,15H,7,9H2,1-4H3. The first-order chi connectivity index (χ1) is 6.94. The summed E-state index contributed by atoms with van der Waals surface area (Å²) in [7, 11) is 3.94. The van der Waals surface area contributed by atoms with Gasteiger partial charge in [0.25, 0.3) is 0 Å². The molecule has 1 heterocycles. The molecular formula is C12H20N2O. The molecule has 0 atom stereocenters. The van der Waals surface area contributed by atoms with Crippen molar-refractivity contribution in [1.82, 2.24) is 4.98 Å². The Kier molecular flexibility index (Phi) is 3.69. The first kappa shape index (κ1) is 12.0. The van der Waals surface area contributed by atoms with Crippen molar-refractivity contribution in [3.05, 3.63) is 23.9 Å². The number of aromatic nitrogens is 1. The van der Waals surface area contributed by atoms with E-state index in [9.17, 15) is 0 Å². The molecule has 1 rings (SSSR count). The van der Waals surface area contributed by atoms with Crippen molar-refractivity contribution in [3.8, 4) is 0 Å². The van der Waals surface area contributed by atoms with Crippen molar-refractivity contribution >= 4 is 5.82 Å². The summed E-state index contributed by atoms with van der Waals surface area (Å²) in [5.41, 5.74) is 1.10. The van der Waals surface area contributed by atoms with Crippen molar-refractivity contribution in [2.75, 3.05) is 25.6 Å². The SMILES string of the molecule is CN(C)c1ccc(CC(C)(C)CO)cn1. The molecule has 1 N–H and O–H groups in total. The molecule has 0 unspecified atom stereocenters. The van der Waals surface area contributed by atoms with E-state index >= 15 is 0 Å². The minimum absolute atomic E-state index is 0.0681. The molecule has 3 heteroatoms. The number of aliphatic hydroxyl groups excluding tert-OH is 1. The summed E-state index contributed by atoms with van der Waals surface area (Å²) in [5, 5.41) is 9.17. The van der Waals surface area contributed by atoms with Gasteiger partial charge in [-0.25, -0.2) is 4.98 Å². The van der Waals surface area contributed by atoms with Crippen molar-refractivity contribution < 1.29 is 5.11 Å². The Morgan fingerprint density at radius 3 is 2.40 bits per heavy atom. The summed E-state index contributed by atoms with van der Waals surface area (Å²) >= 11 is 0. The van der Waals surface area contributed by atoms with E-state index in [4.69, 9.17) is 5.11 Å². The predicted octanol–water partition coefficient (Wildman–Crippen LogP) is 1.71. The first-order valence-electron chi connectivity index (χ1n) is 5.18. The van der Waals surface area contributed by atoms with Gasteiger partial charge < -0.3 is 10.0 Å². The highest BCUT2D eigenvalue weighted by Gasteiger charge is 2.17. The predicted molar refractivity (Wildman–Crippen MR) is 63.1 cm³/mol. The van der Waals surface area contributed by atoms with Gasteiger partial charge >= 0.3 is 0 Å². The van der Waals surface area contributed by atoms with Gasteiger partial charge in [-0.15, -0.1) is 0 Å². The third kappa shape index (κ3) is 3.51. The molecule has 1 aromatic rings. The zero-order valence-electron chi connectivity index (χ0n) is 9.99. The molecule has 0 aromatic carbocycles. The molecule has 0 radical (unpaired) electrons. The highest BCUT2D eigenvalue weighted by Crippen LogP contribution is 2.21. The van der Waals surface area contributed by atoms with Crippen LogP contribution in [0.2, 0.25) is 0 Å². The van der Waals surface area contributed by atoms with Crippen molar-refractivity contribution in [2.45, 2.75) is 20.3 Å². The van der Waals surface area contributed by atoms with Gasteiger partial charge in [0, 0.05) is 26.9 Å². The van der Waals surface area contributed by atoms with Gasteiger partial charge in [0.2, 0.25) is 0 Å². The third-order valence-electron chi connectivity index (χ3n) is 2.38. The average molecular weight is 208 g/mol. The molecule has 15 heavy (non-hydrogen) atoms. The first-order valence-corrected chi connectivity index (χ1v) is 5.18. The zero-order chi connectivity index (χ0) is 11.5. The Balaban J connectivity index is 2.73. The van der Waals surface area contributed by atoms with Crippen LogP contribution in [0.1, 0.15) is 19.4 Å². The fraction of sp³-hybridized carbons (Fsp3) is 0.583. The maximum atomic E-state index is 9.17. The van der Waals surface area contributed by atoms with Crippen LogP contribution in [0.25, 0.3) is 0 Å². The van der Waals surface area contributed by atoms with Gasteiger partial charge in [-0.3, -0.25) is 0 Å².